The molecule has 256 valence electrons. The van der Waals surface area contributed by atoms with E-state index in [-0.39, 0.29) is 7.43 Å². The van der Waals surface area contributed by atoms with Crippen LogP contribution in [0.5, 0.6) is 0 Å². The molecule has 0 unspecified atom stereocenters. The summed E-state index contributed by atoms with van der Waals surface area (Å²) in [6, 6.07) is 60.5. The molecule has 9 rings (SSSR count). The molecule has 0 aliphatic heterocycles. The zero-order chi connectivity index (χ0) is 35.2. The van der Waals surface area contributed by atoms with Gasteiger partial charge >= 0.3 is 0 Å². The summed E-state index contributed by atoms with van der Waals surface area (Å²) in [7, 11) is 0. The van der Waals surface area contributed by atoms with Crippen molar-refractivity contribution < 1.29 is 0 Å². The normalized spacial score (nSPS) is 12.2. The summed E-state index contributed by atoms with van der Waals surface area (Å²) in [6.07, 6.45) is 5.48. The van der Waals surface area contributed by atoms with Crippen LogP contribution in [-0.2, 0) is 0 Å². The number of rotatable bonds is 7. The van der Waals surface area contributed by atoms with Crippen LogP contribution in [0.3, 0.4) is 0 Å². The third-order valence-corrected chi connectivity index (χ3v) is 10.9. The first kappa shape index (κ1) is 33.9. The summed E-state index contributed by atoms with van der Waals surface area (Å²) in [4.78, 5) is 0. The van der Waals surface area contributed by atoms with Gasteiger partial charge in [-0.25, -0.2) is 0 Å². The van der Waals surface area contributed by atoms with Crippen molar-refractivity contribution in [1.82, 2.24) is 0 Å². The van der Waals surface area contributed by atoms with E-state index in [1.54, 1.807) is 0 Å². The maximum Gasteiger partial charge on any atom is -0.000720 e. The minimum Gasteiger partial charge on any atom is -0.0870 e. The Morgan fingerprint density at radius 3 is 1.66 bits per heavy atom. The molecule has 53 heavy (non-hydrogen) atoms. The SMILES string of the molecule is C.C/C=C\c1c(C(=C(C)CC)c2ccccc2)cccc1-c1cc2c3c(cccc3c1)-c1c-2c(-c2ccccc2)c2ccccc2c1-c1ccccc1. The second-order valence-electron chi connectivity index (χ2n) is 13.8. The molecular formula is C53H44. The van der Waals surface area contributed by atoms with E-state index in [9.17, 15) is 0 Å². The van der Waals surface area contributed by atoms with Gasteiger partial charge in [0, 0.05) is 0 Å². The number of fused-ring (bicyclic) bond motifs is 4. The maximum atomic E-state index is 2.48. The highest BCUT2D eigenvalue weighted by atomic mass is 14.3. The highest BCUT2D eigenvalue weighted by Crippen LogP contribution is 2.58. The zero-order valence-electron chi connectivity index (χ0n) is 30.0. The third-order valence-electron chi connectivity index (χ3n) is 10.9. The predicted octanol–water partition coefficient (Wildman–Crippen LogP) is 15.5. The van der Waals surface area contributed by atoms with Gasteiger partial charge in [0.2, 0.25) is 0 Å². The first-order valence-corrected chi connectivity index (χ1v) is 18.5. The number of allylic oxidation sites excluding steroid dienone is 2. The standard InChI is InChI=1S/C52H40.CH4/c1-4-19-41-40(29-18-30-42(41)47(34(3)5-2)35-20-9-6-10-21-35)39-32-38-26-17-31-45-48(38)46(33-39)52-50(37-24-13-8-14-25-37)44-28-16-15-27-43(44)49(51(45)52)36-22-11-7-12-23-36;/h4,6-33H,5H2,1-3H3;1H4/b19-4-,47-34?;. The molecule has 0 aromatic heterocycles. The summed E-state index contributed by atoms with van der Waals surface area (Å²) in [5, 5.41) is 5.16. The minimum atomic E-state index is 0. The van der Waals surface area contributed by atoms with Gasteiger partial charge < -0.3 is 0 Å². The van der Waals surface area contributed by atoms with Crippen molar-refractivity contribution in [2.45, 2.75) is 34.6 Å². The second-order valence-corrected chi connectivity index (χ2v) is 13.8. The van der Waals surface area contributed by atoms with Crippen LogP contribution in [0.15, 0.2) is 175 Å². The van der Waals surface area contributed by atoms with Gasteiger partial charge in [0.25, 0.3) is 0 Å². The third kappa shape index (κ3) is 5.54. The molecule has 0 fully saturated rings. The van der Waals surface area contributed by atoms with Crippen LogP contribution in [0.1, 0.15) is 51.3 Å². The fraction of sp³-hybridized carbons (Fsp3) is 0.0943. The van der Waals surface area contributed by atoms with Crippen molar-refractivity contribution in [2.75, 3.05) is 0 Å². The van der Waals surface area contributed by atoms with Crippen molar-refractivity contribution >= 4 is 33.2 Å². The fourth-order valence-electron chi connectivity index (χ4n) is 8.57. The molecule has 8 aromatic carbocycles. The monoisotopic (exact) mass is 680 g/mol. The number of hydrogen-bond donors (Lipinski definition) is 0. The molecule has 0 radical (unpaired) electrons. The van der Waals surface area contributed by atoms with Gasteiger partial charge in [-0.15, -0.1) is 0 Å². The van der Waals surface area contributed by atoms with E-state index in [1.165, 1.54) is 105 Å². The molecule has 0 bridgehead atoms. The molecule has 0 saturated carbocycles. The molecule has 0 heterocycles. The molecule has 1 aliphatic carbocycles. The summed E-state index contributed by atoms with van der Waals surface area (Å²) in [5.41, 5.74) is 19.3. The van der Waals surface area contributed by atoms with E-state index in [0.29, 0.717) is 0 Å². The van der Waals surface area contributed by atoms with Gasteiger partial charge in [-0.2, -0.15) is 0 Å². The first-order chi connectivity index (χ1) is 25.7. The largest absolute Gasteiger partial charge is 0.0870 e. The average molecular weight is 681 g/mol. The molecule has 0 atom stereocenters. The topological polar surface area (TPSA) is 0 Å². The maximum absolute atomic E-state index is 2.48. The lowest BCUT2D eigenvalue weighted by atomic mass is 9.82. The van der Waals surface area contributed by atoms with Crippen molar-refractivity contribution in [3.63, 3.8) is 0 Å². The lowest BCUT2D eigenvalue weighted by Crippen LogP contribution is -1.98. The summed E-state index contributed by atoms with van der Waals surface area (Å²) in [5.74, 6) is 0. The van der Waals surface area contributed by atoms with E-state index in [4.69, 9.17) is 0 Å². The average Bonchev–Trinajstić information content (AvgIpc) is 3.53. The fourth-order valence-corrected chi connectivity index (χ4v) is 8.57. The lowest BCUT2D eigenvalue weighted by Gasteiger charge is -2.21. The molecule has 0 spiro atoms. The Balaban J connectivity index is 0.00000400. The van der Waals surface area contributed by atoms with Crippen LogP contribution in [0.25, 0.3) is 88.8 Å². The number of benzene rings is 8. The Hall–Kier alpha value is -6.24. The van der Waals surface area contributed by atoms with Gasteiger partial charge in [-0.3, -0.25) is 0 Å². The first-order valence-electron chi connectivity index (χ1n) is 18.5. The van der Waals surface area contributed by atoms with Crippen LogP contribution in [0, 0.1) is 0 Å². The molecular weight excluding hydrogens is 637 g/mol. The molecule has 8 aromatic rings. The van der Waals surface area contributed by atoms with Gasteiger partial charge in [0.05, 0.1) is 0 Å². The van der Waals surface area contributed by atoms with E-state index in [2.05, 4.69) is 197 Å². The van der Waals surface area contributed by atoms with E-state index in [1.807, 2.05) is 0 Å². The molecule has 1 aliphatic rings. The van der Waals surface area contributed by atoms with E-state index in [0.717, 1.165) is 6.42 Å². The van der Waals surface area contributed by atoms with Crippen LogP contribution in [0.4, 0.5) is 0 Å². The van der Waals surface area contributed by atoms with Gasteiger partial charge in [-0.05, 0) is 132 Å². The van der Waals surface area contributed by atoms with Crippen LogP contribution in [-0.4, -0.2) is 0 Å². The highest BCUT2D eigenvalue weighted by molar-refractivity contribution is 6.28. The van der Waals surface area contributed by atoms with Crippen molar-refractivity contribution in [3.8, 4) is 55.6 Å². The smallest absolute Gasteiger partial charge is 0.000720 e. The quantitative estimate of drug-likeness (QED) is 0.157. The summed E-state index contributed by atoms with van der Waals surface area (Å²) >= 11 is 0. The van der Waals surface area contributed by atoms with Crippen LogP contribution >= 0.6 is 0 Å². The van der Waals surface area contributed by atoms with Crippen molar-refractivity contribution in [2.24, 2.45) is 0 Å². The van der Waals surface area contributed by atoms with E-state index < -0.39 is 0 Å². The van der Waals surface area contributed by atoms with Gasteiger partial charge in [0.1, 0.15) is 0 Å². The second kappa shape index (κ2) is 14.1. The Bertz CT molecular complexity index is 2690. The predicted molar refractivity (Wildman–Crippen MR) is 232 cm³/mol. The minimum absolute atomic E-state index is 0. The molecule has 0 nitrogen and oxygen atoms in total. The molecule has 0 heteroatoms. The number of hydrogen-bond acceptors (Lipinski definition) is 0. The Labute approximate surface area is 314 Å². The zero-order valence-corrected chi connectivity index (χ0v) is 30.0. The van der Waals surface area contributed by atoms with Crippen molar-refractivity contribution in [1.29, 1.82) is 0 Å². The molecule has 0 amide bonds. The Morgan fingerprint density at radius 2 is 1.06 bits per heavy atom. The summed E-state index contributed by atoms with van der Waals surface area (Å²) in [6.45, 7) is 6.67. The summed E-state index contributed by atoms with van der Waals surface area (Å²) < 4.78 is 0. The molecule has 0 N–H and O–H groups in total. The molecule has 0 saturated heterocycles. The Morgan fingerprint density at radius 1 is 0.509 bits per heavy atom. The van der Waals surface area contributed by atoms with Crippen LogP contribution in [0.2, 0.25) is 0 Å². The van der Waals surface area contributed by atoms with Crippen molar-refractivity contribution in [3.05, 3.63) is 192 Å². The van der Waals surface area contributed by atoms with E-state index >= 15 is 0 Å². The van der Waals surface area contributed by atoms with Crippen LogP contribution < -0.4 is 0 Å². The lowest BCUT2D eigenvalue weighted by molar-refractivity contribution is 1.10. The van der Waals surface area contributed by atoms with Gasteiger partial charge in [0.15, 0.2) is 0 Å². The highest BCUT2D eigenvalue weighted by Gasteiger charge is 2.31. The Kier molecular flexibility index (Phi) is 8.99. The van der Waals surface area contributed by atoms with Gasteiger partial charge in [-0.1, -0.05) is 184 Å².